The summed E-state index contributed by atoms with van der Waals surface area (Å²) in [5.74, 6) is -0.560. The third-order valence-electron chi connectivity index (χ3n) is 4.48. The highest BCUT2D eigenvalue weighted by Gasteiger charge is 2.13. The molecule has 0 aliphatic carbocycles. The third-order valence-corrected chi connectivity index (χ3v) is 4.48. The summed E-state index contributed by atoms with van der Waals surface area (Å²) in [6.07, 6.45) is 0. The summed E-state index contributed by atoms with van der Waals surface area (Å²) in [6.45, 7) is 3.63. The van der Waals surface area contributed by atoms with E-state index in [2.05, 4.69) is 9.97 Å². The van der Waals surface area contributed by atoms with Crippen LogP contribution in [0.4, 0.5) is 0 Å². The Kier molecular flexibility index (Phi) is 4.27. The molecule has 28 heavy (non-hydrogen) atoms. The number of aryl methyl sites for hydroxylation is 2. The van der Waals surface area contributed by atoms with E-state index in [0.717, 1.165) is 11.4 Å². The van der Waals surface area contributed by atoms with Gasteiger partial charge in [-0.3, -0.25) is 0 Å². The fraction of sp³-hybridized carbons (Fsp3) is 0.143. The quantitative estimate of drug-likeness (QED) is 0.432. The zero-order valence-corrected chi connectivity index (χ0v) is 15.2. The molecule has 0 amide bonds. The molecule has 2 aromatic heterocycles. The number of aromatic hydroxyl groups is 1. The predicted octanol–water partition coefficient (Wildman–Crippen LogP) is 3.42. The first-order valence-corrected chi connectivity index (χ1v) is 8.58. The minimum Gasteiger partial charge on any atom is -0.508 e. The molecule has 0 bridgehead atoms. The molecular formula is C21H16N2O5. The number of aromatic nitrogens is 2. The van der Waals surface area contributed by atoms with Crippen molar-refractivity contribution in [3.05, 3.63) is 75.4 Å². The van der Waals surface area contributed by atoms with E-state index in [1.807, 2.05) is 13.8 Å². The van der Waals surface area contributed by atoms with Crippen LogP contribution in [0.2, 0.25) is 0 Å². The Labute approximate surface area is 159 Å². The molecule has 2 heterocycles. The lowest BCUT2D eigenvalue weighted by Crippen LogP contribution is -2.08. The first-order valence-electron chi connectivity index (χ1n) is 8.58. The molecule has 7 nitrogen and oxygen atoms in total. The fourth-order valence-electron chi connectivity index (χ4n) is 2.92. The number of nitrogens with zero attached hydrogens (tertiary/aromatic N) is 2. The van der Waals surface area contributed by atoms with E-state index in [1.165, 1.54) is 18.2 Å². The van der Waals surface area contributed by atoms with Crippen molar-refractivity contribution in [1.29, 1.82) is 0 Å². The summed E-state index contributed by atoms with van der Waals surface area (Å²) < 4.78 is 10.5. The van der Waals surface area contributed by atoms with Crippen LogP contribution in [0.1, 0.15) is 27.3 Å². The maximum atomic E-state index is 12.5. The topological polar surface area (TPSA) is 103 Å². The van der Waals surface area contributed by atoms with Crippen molar-refractivity contribution in [2.75, 3.05) is 0 Å². The van der Waals surface area contributed by atoms with Gasteiger partial charge in [0, 0.05) is 23.1 Å². The lowest BCUT2D eigenvalue weighted by molar-refractivity contribution is 0.0474. The third kappa shape index (κ3) is 3.29. The van der Waals surface area contributed by atoms with Gasteiger partial charge in [-0.05, 0) is 44.2 Å². The maximum Gasteiger partial charge on any atom is 0.338 e. The van der Waals surface area contributed by atoms with Crippen LogP contribution in [0.25, 0.3) is 22.0 Å². The molecule has 0 radical (unpaired) electrons. The lowest BCUT2D eigenvalue weighted by atomic mass is 10.1. The summed E-state index contributed by atoms with van der Waals surface area (Å²) in [5.41, 5.74) is 3.42. The number of phenolic OH excluding ortho intramolecular Hbond substituents is 1. The Morgan fingerprint density at radius 1 is 1.04 bits per heavy atom. The second-order valence-electron chi connectivity index (χ2n) is 6.45. The largest absolute Gasteiger partial charge is 0.508 e. The van der Waals surface area contributed by atoms with Crippen LogP contribution >= 0.6 is 0 Å². The average molecular weight is 376 g/mol. The van der Waals surface area contributed by atoms with Crippen LogP contribution in [-0.2, 0) is 11.3 Å². The van der Waals surface area contributed by atoms with Crippen LogP contribution in [0, 0.1) is 13.8 Å². The van der Waals surface area contributed by atoms with Crippen molar-refractivity contribution in [3.63, 3.8) is 0 Å². The number of ether oxygens (including phenoxy) is 1. The Morgan fingerprint density at radius 3 is 2.57 bits per heavy atom. The summed E-state index contributed by atoms with van der Waals surface area (Å²) in [7, 11) is 0. The SMILES string of the molecule is Cc1nc2ccc(C(=O)OCc3cc(=O)oc4cc(O)ccc34)cc2nc1C. The van der Waals surface area contributed by atoms with Gasteiger partial charge < -0.3 is 14.3 Å². The van der Waals surface area contributed by atoms with Gasteiger partial charge >= 0.3 is 11.6 Å². The Hall–Kier alpha value is -3.74. The molecule has 0 unspecified atom stereocenters. The lowest BCUT2D eigenvalue weighted by Gasteiger charge is -2.08. The number of hydrogen-bond acceptors (Lipinski definition) is 7. The molecule has 0 saturated carbocycles. The number of benzene rings is 2. The Balaban J connectivity index is 1.61. The minimum atomic E-state index is -0.587. The number of fused-ring (bicyclic) bond motifs is 2. The molecule has 2 aromatic carbocycles. The second-order valence-corrected chi connectivity index (χ2v) is 6.45. The number of carbonyl (C=O) groups excluding carboxylic acids is 1. The zero-order valence-electron chi connectivity index (χ0n) is 15.2. The Bertz CT molecular complexity index is 1290. The van der Waals surface area contributed by atoms with Gasteiger partial charge in [-0.25, -0.2) is 19.6 Å². The summed E-state index contributed by atoms with van der Waals surface area (Å²) in [6, 6.07) is 10.7. The van der Waals surface area contributed by atoms with Crippen LogP contribution in [-0.4, -0.2) is 21.0 Å². The second kappa shape index (κ2) is 6.77. The molecule has 0 fully saturated rings. The monoisotopic (exact) mass is 376 g/mol. The van der Waals surface area contributed by atoms with Crippen LogP contribution in [0.3, 0.4) is 0 Å². The van der Waals surface area contributed by atoms with Crippen LogP contribution in [0.5, 0.6) is 5.75 Å². The number of esters is 1. The minimum absolute atomic E-state index is 0.0207. The molecule has 0 saturated heterocycles. The molecule has 0 aliphatic rings. The molecule has 4 rings (SSSR count). The van der Waals surface area contributed by atoms with Gasteiger partial charge in [-0.2, -0.15) is 0 Å². The van der Waals surface area contributed by atoms with Crippen LogP contribution in [0.15, 0.2) is 51.7 Å². The predicted molar refractivity (Wildman–Crippen MR) is 102 cm³/mol. The highest BCUT2D eigenvalue weighted by molar-refractivity contribution is 5.93. The molecule has 0 aliphatic heterocycles. The van der Waals surface area contributed by atoms with E-state index in [0.29, 0.717) is 27.5 Å². The van der Waals surface area contributed by atoms with Crippen LogP contribution < -0.4 is 5.63 Å². The zero-order chi connectivity index (χ0) is 19.8. The number of rotatable bonds is 3. The molecule has 4 aromatic rings. The molecular weight excluding hydrogens is 360 g/mol. The summed E-state index contributed by atoms with van der Waals surface area (Å²) >= 11 is 0. The molecule has 1 N–H and O–H groups in total. The van der Waals surface area contributed by atoms with E-state index in [4.69, 9.17) is 9.15 Å². The van der Waals surface area contributed by atoms with E-state index < -0.39 is 11.6 Å². The molecule has 0 atom stereocenters. The van der Waals surface area contributed by atoms with E-state index in [1.54, 1.807) is 24.3 Å². The highest BCUT2D eigenvalue weighted by Crippen LogP contribution is 2.23. The van der Waals surface area contributed by atoms with Gasteiger partial charge in [0.25, 0.3) is 0 Å². The molecule has 140 valence electrons. The maximum absolute atomic E-state index is 12.5. The normalized spacial score (nSPS) is 11.1. The van der Waals surface area contributed by atoms with Crippen molar-refractivity contribution in [2.45, 2.75) is 20.5 Å². The van der Waals surface area contributed by atoms with Gasteiger partial charge in [-0.1, -0.05) is 0 Å². The summed E-state index contributed by atoms with van der Waals surface area (Å²) in [4.78, 5) is 33.1. The van der Waals surface area contributed by atoms with Gasteiger partial charge in [-0.15, -0.1) is 0 Å². The van der Waals surface area contributed by atoms with Crippen molar-refractivity contribution in [1.82, 2.24) is 9.97 Å². The number of hydrogen-bond donors (Lipinski definition) is 1. The van der Waals surface area contributed by atoms with E-state index >= 15 is 0 Å². The van der Waals surface area contributed by atoms with Crippen molar-refractivity contribution >= 4 is 28.0 Å². The standard InChI is InChI=1S/C21H16N2O5/c1-11-12(2)23-18-7-13(3-6-17(18)22-11)21(26)27-10-14-8-20(25)28-19-9-15(24)4-5-16(14)19/h3-9,24H,10H2,1-2H3. The smallest absolute Gasteiger partial charge is 0.338 e. The van der Waals surface area contributed by atoms with Gasteiger partial charge in [0.1, 0.15) is 17.9 Å². The van der Waals surface area contributed by atoms with Crippen molar-refractivity contribution in [2.24, 2.45) is 0 Å². The fourth-order valence-corrected chi connectivity index (χ4v) is 2.92. The Morgan fingerprint density at radius 2 is 1.79 bits per heavy atom. The first kappa shape index (κ1) is 17.7. The van der Waals surface area contributed by atoms with E-state index in [9.17, 15) is 14.7 Å². The number of carbonyl (C=O) groups is 1. The first-order chi connectivity index (χ1) is 13.4. The summed E-state index contributed by atoms with van der Waals surface area (Å²) in [5, 5.41) is 10.1. The highest BCUT2D eigenvalue weighted by atomic mass is 16.5. The molecule has 7 heteroatoms. The van der Waals surface area contributed by atoms with Gasteiger partial charge in [0.05, 0.1) is 28.0 Å². The van der Waals surface area contributed by atoms with E-state index in [-0.39, 0.29) is 17.9 Å². The van der Waals surface area contributed by atoms with Gasteiger partial charge in [0.15, 0.2) is 0 Å². The molecule has 0 spiro atoms. The van der Waals surface area contributed by atoms with Crippen molar-refractivity contribution in [3.8, 4) is 5.75 Å². The van der Waals surface area contributed by atoms with Crippen molar-refractivity contribution < 1.29 is 19.1 Å². The number of phenols is 1. The van der Waals surface area contributed by atoms with Gasteiger partial charge in [0.2, 0.25) is 0 Å². The average Bonchev–Trinajstić information content (AvgIpc) is 2.66.